The van der Waals surface area contributed by atoms with Crippen molar-refractivity contribution in [3.05, 3.63) is 0 Å². The van der Waals surface area contributed by atoms with Crippen molar-refractivity contribution in [2.45, 2.75) is 77.9 Å². The van der Waals surface area contributed by atoms with Crippen molar-refractivity contribution in [2.24, 2.45) is 16.3 Å². The highest BCUT2D eigenvalue weighted by molar-refractivity contribution is 5.80. The Bertz CT molecular complexity index is 409. The van der Waals surface area contributed by atoms with Gasteiger partial charge in [0.25, 0.3) is 0 Å². The second-order valence-corrected chi connectivity index (χ2v) is 7.12. The lowest BCUT2D eigenvalue weighted by atomic mass is 9.79. The summed E-state index contributed by atoms with van der Waals surface area (Å²) in [6.45, 7) is 7.46. The van der Waals surface area contributed by atoms with Crippen molar-refractivity contribution in [3.8, 4) is 0 Å². The molecule has 0 saturated heterocycles. The first-order chi connectivity index (χ1) is 11.8. The van der Waals surface area contributed by atoms with Gasteiger partial charge in [-0.1, -0.05) is 20.3 Å². The minimum atomic E-state index is -4.11. The van der Waals surface area contributed by atoms with E-state index in [1.165, 1.54) is 0 Å². The van der Waals surface area contributed by atoms with Gasteiger partial charge >= 0.3 is 6.18 Å². The number of hydrogen-bond acceptors (Lipinski definition) is 2. The Hall–Kier alpha value is -0.980. The molecular formula is C18H34F3N3O. The molecule has 1 rings (SSSR count). The molecule has 0 aromatic carbocycles. The summed E-state index contributed by atoms with van der Waals surface area (Å²) in [4.78, 5) is 4.63. The summed E-state index contributed by atoms with van der Waals surface area (Å²) in [5.74, 6) is -0.638. The van der Waals surface area contributed by atoms with Gasteiger partial charge in [0, 0.05) is 25.7 Å². The number of aliphatic hydroxyl groups is 1. The molecule has 1 fully saturated rings. The minimum absolute atomic E-state index is 0.0574. The lowest BCUT2D eigenvalue weighted by Crippen LogP contribution is -2.47. The van der Waals surface area contributed by atoms with E-state index >= 15 is 0 Å². The van der Waals surface area contributed by atoms with E-state index in [9.17, 15) is 18.3 Å². The summed E-state index contributed by atoms with van der Waals surface area (Å²) in [5, 5.41) is 15.7. The summed E-state index contributed by atoms with van der Waals surface area (Å²) < 4.78 is 39.0. The highest BCUT2D eigenvalue weighted by atomic mass is 19.4. The third-order valence-corrected chi connectivity index (χ3v) is 5.54. The molecule has 1 aliphatic rings. The Morgan fingerprint density at radius 2 is 1.84 bits per heavy atom. The number of alkyl halides is 3. The quantitative estimate of drug-likeness (QED) is 0.452. The van der Waals surface area contributed by atoms with Gasteiger partial charge in [-0.2, -0.15) is 13.2 Å². The predicted octanol–water partition coefficient (Wildman–Crippen LogP) is 3.85. The largest absolute Gasteiger partial charge is 0.396 e. The zero-order valence-electron chi connectivity index (χ0n) is 15.8. The summed E-state index contributed by atoms with van der Waals surface area (Å²) in [6.07, 6.45) is 0.0377. The fourth-order valence-electron chi connectivity index (χ4n) is 3.52. The molecule has 0 aliphatic heterocycles. The molecule has 25 heavy (non-hydrogen) atoms. The SMILES string of the molecule is CCNC(=NCC(CC)(CC)CCO)NC1CCCC(C(F)(F)F)C1. The van der Waals surface area contributed by atoms with E-state index in [0.29, 0.717) is 31.9 Å². The van der Waals surface area contributed by atoms with Gasteiger partial charge in [-0.25, -0.2) is 0 Å². The number of nitrogens with zero attached hydrogens (tertiary/aromatic N) is 1. The fraction of sp³-hybridized carbons (Fsp3) is 0.944. The van der Waals surface area contributed by atoms with Crippen LogP contribution >= 0.6 is 0 Å². The van der Waals surface area contributed by atoms with Crippen LogP contribution in [-0.4, -0.2) is 43.0 Å². The molecule has 2 unspecified atom stereocenters. The number of guanidine groups is 1. The standard InChI is InChI=1S/C18H34F3N3O/c1-4-17(5-2,10-11-25)13-23-16(22-6-3)24-15-9-7-8-14(12-15)18(19,20)21/h14-15,25H,4-13H2,1-3H3,(H2,22,23,24). The maximum absolute atomic E-state index is 13.0. The molecule has 0 heterocycles. The van der Waals surface area contributed by atoms with E-state index in [0.717, 1.165) is 19.3 Å². The third-order valence-electron chi connectivity index (χ3n) is 5.54. The average Bonchev–Trinajstić information content (AvgIpc) is 2.58. The second kappa shape index (κ2) is 10.2. The summed E-state index contributed by atoms with van der Waals surface area (Å²) in [6, 6.07) is -0.200. The Kier molecular flexibility index (Phi) is 9.03. The lowest BCUT2D eigenvalue weighted by molar-refractivity contribution is -0.183. The molecule has 3 N–H and O–H groups in total. The maximum atomic E-state index is 13.0. The fourth-order valence-corrected chi connectivity index (χ4v) is 3.52. The molecule has 0 aromatic heterocycles. The van der Waals surface area contributed by atoms with E-state index in [2.05, 4.69) is 29.5 Å². The van der Waals surface area contributed by atoms with Gasteiger partial charge in [0.15, 0.2) is 5.96 Å². The monoisotopic (exact) mass is 365 g/mol. The van der Waals surface area contributed by atoms with E-state index < -0.39 is 12.1 Å². The number of rotatable bonds is 8. The molecule has 7 heteroatoms. The Labute approximate surface area is 149 Å². The Balaban J connectivity index is 2.75. The highest BCUT2D eigenvalue weighted by Gasteiger charge is 2.42. The van der Waals surface area contributed by atoms with E-state index in [1.54, 1.807) is 0 Å². The van der Waals surface area contributed by atoms with Crippen LogP contribution in [0.25, 0.3) is 0 Å². The van der Waals surface area contributed by atoms with Gasteiger partial charge in [-0.15, -0.1) is 0 Å². The highest BCUT2D eigenvalue weighted by Crippen LogP contribution is 2.37. The number of nitrogens with one attached hydrogen (secondary N) is 2. The van der Waals surface area contributed by atoms with Crippen molar-refractivity contribution in [1.82, 2.24) is 10.6 Å². The normalized spacial score (nSPS) is 22.8. The number of hydrogen-bond donors (Lipinski definition) is 3. The second-order valence-electron chi connectivity index (χ2n) is 7.12. The van der Waals surface area contributed by atoms with Crippen LogP contribution in [0.15, 0.2) is 4.99 Å². The summed E-state index contributed by atoms with van der Waals surface area (Å²) in [5.41, 5.74) is -0.0574. The maximum Gasteiger partial charge on any atom is 0.391 e. The number of halogens is 3. The zero-order chi connectivity index (χ0) is 18.9. The van der Waals surface area contributed by atoms with Crippen molar-refractivity contribution < 1.29 is 18.3 Å². The molecule has 0 radical (unpaired) electrons. The average molecular weight is 365 g/mol. The van der Waals surface area contributed by atoms with Gasteiger partial charge in [-0.05, 0) is 50.9 Å². The topological polar surface area (TPSA) is 56.7 Å². The van der Waals surface area contributed by atoms with Crippen LogP contribution in [0.4, 0.5) is 13.2 Å². The Morgan fingerprint density at radius 1 is 1.16 bits per heavy atom. The molecule has 1 aliphatic carbocycles. The summed E-state index contributed by atoms with van der Waals surface area (Å²) >= 11 is 0. The van der Waals surface area contributed by atoms with Gasteiger partial charge in [0.1, 0.15) is 0 Å². The van der Waals surface area contributed by atoms with Crippen LogP contribution in [0.2, 0.25) is 0 Å². The first-order valence-corrected chi connectivity index (χ1v) is 9.52. The van der Waals surface area contributed by atoms with E-state index in [1.807, 2.05) is 6.92 Å². The van der Waals surface area contributed by atoms with Crippen molar-refractivity contribution >= 4 is 5.96 Å². The van der Waals surface area contributed by atoms with Crippen molar-refractivity contribution in [1.29, 1.82) is 0 Å². The molecule has 0 amide bonds. The molecule has 0 spiro atoms. The first-order valence-electron chi connectivity index (χ1n) is 9.52. The van der Waals surface area contributed by atoms with Gasteiger partial charge in [0.2, 0.25) is 0 Å². The number of aliphatic imine (C=N–C) groups is 1. The first kappa shape index (κ1) is 22.1. The van der Waals surface area contributed by atoms with Gasteiger partial charge < -0.3 is 15.7 Å². The van der Waals surface area contributed by atoms with E-state index in [-0.39, 0.29) is 30.9 Å². The van der Waals surface area contributed by atoms with E-state index in [4.69, 9.17) is 0 Å². The lowest BCUT2D eigenvalue weighted by Gasteiger charge is -2.33. The van der Waals surface area contributed by atoms with Crippen LogP contribution in [-0.2, 0) is 0 Å². The van der Waals surface area contributed by atoms with Gasteiger partial charge in [0.05, 0.1) is 5.92 Å². The van der Waals surface area contributed by atoms with Crippen LogP contribution < -0.4 is 10.6 Å². The Morgan fingerprint density at radius 3 is 2.36 bits per heavy atom. The molecular weight excluding hydrogens is 331 g/mol. The van der Waals surface area contributed by atoms with Crippen LogP contribution in [0, 0.1) is 11.3 Å². The molecule has 4 nitrogen and oxygen atoms in total. The van der Waals surface area contributed by atoms with Gasteiger partial charge in [-0.3, -0.25) is 4.99 Å². The molecule has 1 saturated carbocycles. The molecule has 148 valence electrons. The smallest absolute Gasteiger partial charge is 0.391 e. The zero-order valence-corrected chi connectivity index (χ0v) is 15.8. The van der Waals surface area contributed by atoms with Crippen molar-refractivity contribution in [3.63, 3.8) is 0 Å². The van der Waals surface area contributed by atoms with Crippen molar-refractivity contribution in [2.75, 3.05) is 19.7 Å². The van der Waals surface area contributed by atoms with Crippen LogP contribution in [0.5, 0.6) is 0 Å². The molecule has 2 atom stereocenters. The molecule has 0 bridgehead atoms. The number of aliphatic hydroxyl groups excluding tert-OH is 1. The minimum Gasteiger partial charge on any atom is -0.396 e. The summed E-state index contributed by atoms with van der Waals surface area (Å²) in [7, 11) is 0. The predicted molar refractivity (Wildman–Crippen MR) is 95.6 cm³/mol. The molecule has 0 aromatic rings. The third kappa shape index (κ3) is 7.04. The van der Waals surface area contributed by atoms with Crippen LogP contribution in [0.3, 0.4) is 0 Å². The van der Waals surface area contributed by atoms with Crippen LogP contribution in [0.1, 0.15) is 65.7 Å².